The molecule has 1 N–H and O–H groups in total. The molecule has 0 fully saturated rings. The summed E-state index contributed by atoms with van der Waals surface area (Å²) in [5.41, 5.74) is 1.79. The highest BCUT2D eigenvalue weighted by Crippen LogP contribution is 2.31. The number of carbonyl (C=O) groups excluding carboxylic acids is 1. The number of benzene rings is 2. The zero-order valence-corrected chi connectivity index (χ0v) is 13.2. The quantitative estimate of drug-likeness (QED) is 0.942. The smallest absolute Gasteiger partial charge is 0.257 e. The van der Waals surface area contributed by atoms with Crippen molar-refractivity contribution < 1.29 is 13.2 Å². The van der Waals surface area contributed by atoms with E-state index in [1.807, 2.05) is 30.3 Å². The maximum absolute atomic E-state index is 12.7. The number of para-hydroxylation sites is 2. The average molecular weight is 328 g/mol. The molecule has 0 spiro atoms. The lowest BCUT2D eigenvalue weighted by atomic mass is 10.2. The van der Waals surface area contributed by atoms with Crippen molar-refractivity contribution in [2.75, 3.05) is 16.2 Å². The lowest BCUT2D eigenvalue weighted by molar-refractivity contribution is -0.115. The zero-order valence-electron chi connectivity index (χ0n) is 12.3. The molecule has 0 saturated carbocycles. The summed E-state index contributed by atoms with van der Waals surface area (Å²) in [6.45, 7) is 0.115. The summed E-state index contributed by atoms with van der Waals surface area (Å²) < 4.78 is 26.6. The first-order valence-corrected chi connectivity index (χ1v) is 8.71. The van der Waals surface area contributed by atoms with Crippen LogP contribution in [0.5, 0.6) is 0 Å². The summed E-state index contributed by atoms with van der Waals surface area (Å²) in [7, 11) is -3.68. The monoisotopic (exact) mass is 328 g/mol. The molecular formula is C17H16N2O3S. The molecule has 3 rings (SSSR count). The molecule has 23 heavy (non-hydrogen) atoms. The van der Waals surface area contributed by atoms with Crippen molar-refractivity contribution in [3.8, 4) is 0 Å². The third-order valence-electron chi connectivity index (χ3n) is 3.53. The van der Waals surface area contributed by atoms with Gasteiger partial charge in [0, 0.05) is 13.0 Å². The van der Waals surface area contributed by atoms with Gasteiger partial charge in [0.25, 0.3) is 10.0 Å². The second-order valence-corrected chi connectivity index (χ2v) is 6.89. The molecule has 1 aliphatic heterocycles. The molecule has 0 unspecified atom stereocenters. The fourth-order valence-electron chi connectivity index (χ4n) is 2.40. The molecule has 1 amide bonds. The molecule has 0 aromatic heterocycles. The Morgan fingerprint density at radius 2 is 1.70 bits per heavy atom. The lowest BCUT2D eigenvalue weighted by Crippen LogP contribution is -2.30. The van der Waals surface area contributed by atoms with Gasteiger partial charge in [-0.1, -0.05) is 42.5 Å². The van der Waals surface area contributed by atoms with E-state index in [-0.39, 0.29) is 18.9 Å². The maximum Gasteiger partial charge on any atom is 0.257 e. The molecule has 0 aliphatic carbocycles. The molecule has 0 atom stereocenters. The predicted octanol–water partition coefficient (Wildman–Crippen LogP) is 2.84. The molecule has 2 aromatic carbocycles. The SMILES string of the molecule is O=C1CCN(S(=O)(=O)/C=C/c2ccccc2)c2ccccc2N1. The van der Waals surface area contributed by atoms with Crippen LogP contribution in [-0.4, -0.2) is 20.9 Å². The largest absolute Gasteiger partial charge is 0.324 e. The van der Waals surface area contributed by atoms with E-state index in [0.29, 0.717) is 11.4 Å². The number of nitrogens with zero attached hydrogens (tertiary/aromatic N) is 1. The van der Waals surface area contributed by atoms with Crippen LogP contribution in [0.3, 0.4) is 0 Å². The van der Waals surface area contributed by atoms with Crippen LogP contribution in [0.1, 0.15) is 12.0 Å². The van der Waals surface area contributed by atoms with Gasteiger partial charge in [0.15, 0.2) is 0 Å². The van der Waals surface area contributed by atoms with Crippen molar-refractivity contribution >= 4 is 33.4 Å². The number of fused-ring (bicyclic) bond motifs is 1. The highest BCUT2D eigenvalue weighted by Gasteiger charge is 2.26. The molecule has 6 heteroatoms. The normalized spacial score (nSPS) is 15.1. The van der Waals surface area contributed by atoms with Crippen LogP contribution in [0.25, 0.3) is 6.08 Å². The Morgan fingerprint density at radius 1 is 1.00 bits per heavy atom. The third kappa shape index (κ3) is 3.43. The Morgan fingerprint density at radius 3 is 2.48 bits per heavy atom. The summed E-state index contributed by atoms with van der Waals surface area (Å²) in [4.78, 5) is 11.7. The Hall–Kier alpha value is -2.60. The number of hydrogen-bond acceptors (Lipinski definition) is 3. The Bertz CT molecular complexity index is 845. The summed E-state index contributed by atoms with van der Waals surface area (Å²) in [5.74, 6) is -0.192. The van der Waals surface area contributed by atoms with E-state index in [2.05, 4.69) is 5.32 Å². The van der Waals surface area contributed by atoms with Crippen molar-refractivity contribution in [1.29, 1.82) is 0 Å². The van der Waals surface area contributed by atoms with Gasteiger partial charge in [-0.25, -0.2) is 8.42 Å². The van der Waals surface area contributed by atoms with E-state index in [0.717, 1.165) is 5.56 Å². The van der Waals surface area contributed by atoms with Crippen molar-refractivity contribution in [2.24, 2.45) is 0 Å². The average Bonchev–Trinajstić information content (AvgIpc) is 2.72. The minimum atomic E-state index is -3.68. The first kappa shape index (κ1) is 15.3. The summed E-state index contributed by atoms with van der Waals surface area (Å²) in [5, 5.41) is 3.90. The van der Waals surface area contributed by atoms with Gasteiger partial charge in [-0.05, 0) is 23.8 Å². The Kier molecular flexibility index (Phi) is 4.16. The summed E-state index contributed by atoms with van der Waals surface area (Å²) in [6, 6.07) is 16.1. The van der Waals surface area contributed by atoms with Crippen LogP contribution in [-0.2, 0) is 14.8 Å². The second kappa shape index (κ2) is 6.26. The fourth-order valence-corrected chi connectivity index (χ4v) is 3.65. The first-order valence-electron chi connectivity index (χ1n) is 7.21. The Labute approximate surface area is 135 Å². The van der Waals surface area contributed by atoms with Crippen LogP contribution < -0.4 is 9.62 Å². The molecule has 5 nitrogen and oxygen atoms in total. The summed E-state index contributed by atoms with van der Waals surface area (Å²) in [6.07, 6.45) is 1.67. The van der Waals surface area contributed by atoms with Crippen LogP contribution in [0.4, 0.5) is 11.4 Å². The zero-order chi connectivity index (χ0) is 16.3. The van der Waals surface area contributed by atoms with Gasteiger partial charge in [0.2, 0.25) is 5.91 Å². The van der Waals surface area contributed by atoms with Crippen molar-refractivity contribution in [1.82, 2.24) is 0 Å². The number of rotatable bonds is 3. The first-order chi connectivity index (χ1) is 11.1. The minimum absolute atomic E-state index is 0.115. The number of carbonyl (C=O) groups is 1. The number of nitrogens with one attached hydrogen (secondary N) is 1. The topological polar surface area (TPSA) is 66.5 Å². The van der Waals surface area contributed by atoms with E-state index in [1.165, 1.54) is 9.71 Å². The van der Waals surface area contributed by atoms with Gasteiger partial charge >= 0.3 is 0 Å². The molecule has 1 heterocycles. The van der Waals surface area contributed by atoms with E-state index in [1.54, 1.807) is 30.3 Å². The maximum atomic E-state index is 12.7. The van der Waals surface area contributed by atoms with Crippen LogP contribution in [0.2, 0.25) is 0 Å². The Balaban J connectivity index is 1.96. The van der Waals surface area contributed by atoms with Gasteiger partial charge in [0.05, 0.1) is 16.8 Å². The molecular weight excluding hydrogens is 312 g/mol. The van der Waals surface area contributed by atoms with Crippen LogP contribution in [0.15, 0.2) is 60.0 Å². The highest BCUT2D eigenvalue weighted by molar-refractivity contribution is 7.95. The van der Waals surface area contributed by atoms with Crippen molar-refractivity contribution in [3.63, 3.8) is 0 Å². The van der Waals surface area contributed by atoms with Crippen LogP contribution in [0, 0.1) is 0 Å². The minimum Gasteiger partial charge on any atom is -0.324 e. The number of amides is 1. The van der Waals surface area contributed by atoms with Crippen LogP contribution >= 0.6 is 0 Å². The number of anilines is 2. The van der Waals surface area contributed by atoms with Gasteiger partial charge in [-0.15, -0.1) is 0 Å². The van der Waals surface area contributed by atoms with Gasteiger partial charge in [-0.3, -0.25) is 9.10 Å². The fraction of sp³-hybridized carbons (Fsp3) is 0.118. The van der Waals surface area contributed by atoms with Crippen molar-refractivity contribution in [2.45, 2.75) is 6.42 Å². The second-order valence-electron chi connectivity index (χ2n) is 5.15. The van der Waals surface area contributed by atoms with E-state index >= 15 is 0 Å². The molecule has 0 saturated heterocycles. The lowest BCUT2D eigenvalue weighted by Gasteiger charge is -2.21. The van der Waals surface area contributed by atoms with Gasteiger partial charge in [-0.2, -0.15) is 0 Å². The van der Waals surface area contributed by atoms with Gasteiger partial charge in [0.1, 0.15) is 0 Å². The molecule has 1 aliphatic rings. The predicted molar refractivity (Wildman–Crippen MR) is 91.4 cm³/mol. The molecule has 0 radical (unpaired) electrons. The van der Waals surface area contributed by atoms with Gasteiger partial charge < -0.3 is 5.32 Å². The number of sulfonamides is 1. The highest BCUT2D eigenvalue weighted by atomic mass is 32.2. The molecule has 0 bridgehead atoms. The van der Waals surface area contributed by atoms with Crippen molar-refractivity contribution in [3.05, 3.63) is 65.6 Å². The molecule has 2 aromatic rings. The number of hydrogen-bond donors (Lipinski definition) is 1. The molecule has 118 valence electrons. The standard InChI is InChI=1S/C17H16N2O3S/c20-17-10-12-19(16-9-5-4-8-15(16)18-17)23(21,22)13-11-14-6-2-1-3-7-14/h1-9,11,13H,10,12H2,(H,18,20)/b13-11+. The third-order valence-corrected chi connectivity index (χ3v) is 5.00. The van der Waals surface area contributed by atoms with E-state index in [9.17, 15) is 13.2 Å². The van der Waals surface area contributed by atoms with E-state index in [4.69, 9.17) is 0 Å². The summed E-state index contributed by atoms with van der Waals surface area (Å²) >= 11 is 0. The van der Waals surface area contributed by atoms with E-state index < -0.39 is 10.0 Å².